The van der Waals surface area contributed by atoms with Gasteiger partial charge in [0.25, 0.3) is 17.3 Å². The molecule has 12 heteroatoms. The van der Waals surface area contributed by atoms with E-state index in [1.54, 1.807) is 23.6 Å². The summed E-state index contributed by atoms with van der Waals surface area (Å²) < 4.78 is 11.0. The number of nitro benzene ring substituents is 2. The number of nitro groups is 2. The van der Waals surface area contributed by atoms with Gasteiger partial charge in [-0.1, -0.05) is 0 Å². The first-order valence-corrected chi connectivity index (χ1v) is 9.39. The summed E-state index contributed by atoms with van der Waals surface area (Å²) in [4.78, 5) is 37.2. The second-order valence-corrected chi connectivity index (χ2v) is 6.96. The minimum Gasteiger partial charge on any atom is -0.486 e. The molecule has 0 aliphatic carbocycles. The fourth-order valence-electron chi connectivity index (χ4n) is 2.77. The highest BCUT2D eigenvalue weighted by Gasteiger charge is 2.21. The minimum atomic E-state index is -0.798. The number of carbonyl (C=O) groups excluding carboxylic acids is 1. The van der Waals surface area contributed by atoms with Crippen LogP contribution in [0.1, 0.15) is 10.4 Å². The molecule has 1 aliphatic rings. The second kappa shape index (κ2) is 7.75. The Morgan fingerprint density at radius 1 is 1.00 bits per heavy atom. The van der Waals surface area contributed by atoms with Crippen molar-refractivity contribution >= 4 is 33.8 Å². The second-order valence-electron chi connectivity index (χ2n) is 6.10. The average Bonchev–Trinajstić information content (AvgIpc) is 3.21. The Morgan fingerprint density at radius 2 is 1.67 bits per heavy atom. The lowest BCUT2D eigenvalue weighted by Gasteiger charge is -2.18. The summed E-state index contributed by atoms with van der Waals surface area (Å²) in [6.07, 6.45) is 0. The van der Waals surface area contributed by atoms with Gasteiger partial charge >= 0.3 is 0 Å². The Morgan fingerprint density at radius 3 is 2.33 bits per heavy atom. The number of nitrogens with one attached hydrogen (secondary N) is 1. The van der Waals surface area contributed by atoms with Crippen molar-refractivity contribution in [2.45, 2.75) is 0 Å². The Balaban J connectivity index is 1.56. The van der Waals surface area contributed by atoms with Gasteiger partial charge in [-0.2, -0.15) is 0 Å². The first kappa shape index (κ1) is 19.3. The molecule has 0 fully saturated rings. The molecule has 0 saturated carbocycles. The maximum Gasteiger partial charge on any atom is 0.277 e. The molecule has 152 valence electrons. The van der Waals surface area contributed by atoms with Crippen molar-refractivity contribution in [3.05, 3.63) is 67.6 Å². The molecule has 2 heterocycles. The van der Waals surface area contributed by atoms with Gasteiger partial charge in [-0.25, -0.2) is 4.98 Å². The van der Waals surface area contributed by atoms with Gasteiger partial charge in [0.2, 0.25) is 0 Å². The average molecular weight is 428 g/mol. The SMILES string of the molecule is O=C(Nc1nc(-c2ccc3c(c2)OCCO3)cs1)c1cc([N+](=O)[O-])cc([N+](=O)[O-])c1. The normalized spacial score (nSPS) is 12.3. The van der Waals surface area contributed by atoms with Gasteiger partial charge in [0.1, 0.15) is 13.2 Å². The molecule has 0 unspecified atom stereocenters. The lowest BCUT2D eigenvalue weighted by molar-refractivity contribution is -0.394. The van der Waals surface area contributed by atoms with Gasteiger partial charge in [0.05, 0.1) is 27.2 Å². The molecular formula is C18H12N4O7S. The number of ether oxygens (including phenoxy) is 2. The zero-order valence-corrected chi connectivity index (χ0v) is 15.9. The molecule has 0 bridgehead atoms. The van der Waals surface area contributed by atoms with Crippen molar-refractivity contribution in [2.75, 3.05) is 18.5 Å². The summed E-state index contributed by atoms with van der Waals surface area (Å²) in [5.74, 6) is 0.493. The number of anilines is 1. The minimum absolute atomic E-state index is 0.216. The van der Waals surface area contributed by atoms with E-state index in [1.165, 1.54) is 0 Å². The number of non-ortho nitro benzene ring substituents is 2. The maximum absolute atomic E-state index is 12.5. The van der Waals surface area contributed by atoms with Crippen LogP contribution in [-0.2, 0) is 0 Å². The molecule has 11 nitrogen and oxygen atoms in total. The van der Waals surface area contributed by atoms with E-state index in [0.29, 0.717) is 30.4 Å². The van der Waals surface area contributed by atoms with Crippen molar-refractivity contribution in [1.82, 2.24) is 4.98 Å². The number of amides is 1. The summed E-state index contributed by atoms with van der Waals surface area (Å²) >= 11 is 1.14. The van der Waals surface area contributed by atoms with E-state index in [-0.39, 0.29) is 10.7 Å². The topological polar surface area (TPSA) is 147 Å². The number of aromatic nitrogens is 1. The van der Waals surface area contributed by atoms with Crippen LogP contribution in [0.3, 0.4) is 0 Å². The van der Waals surface area contributed by atoms with Crippen LogP contribution < -0.4 is 14.8 Å². The number of benzene rings is 2. The van der Waals surface area contributed by atoms with Gasteiger partial charge in [-0.15, -0.1) is 11.3 Å². The van der Waals surface area contributed by atoms with Gasteiger partial charge in [0.15, 0.2) is 16.6 Å². The molecule has 0 spiro atoms. The molecule has 0 radical (unpaired) electrons. The smallest absolute Gasteiger partial charge is 0.277 e. The fourth-order valence-corrected chi connectivity index (χ4v) is 3.49. The highest BCUT2D eigenvalue weighted by atomic mass is 32.1. The molecule has 0 saturated heterocycles. The number of hydrogen-bond donors (Lipinski definition) is 1. The standard InChI is InChI=1S/C18H12N4O7S/c23-17(11-5-12(21(24)25)8-13(6-11)22(26)27)20-18-19-14(9-30-18)10-1-2-15-16(7-10)29-4-3-28-15/h1-2,5-9H,3-4H2,(H,19,20,23). The molecular weight excluding hydrogens is 416 g/mol. The molecule has 4 rings (SSSR count). The molecule has 0 atom stereocenters. The number of rotatable bonds is 5. The molecule has 2 aromatic carbocycles. The van der Waals surface area contributed by atoms with Crippen LogP contribution in [0.2, 0.25) is 0 Å². The maximum atomic E-state index is 12.5. The van der Waals surface area contributed by atoms with Crippen LogP contribution in [0.15, 0.2) is 41.8 Å². The van der Waals surface area contributed by atoms with Crippen LogP contribution in [0.5, 0.6) is 11.5 Å². The Kier molecular flexibility index (Phi) is 4.98. The van der Waals surface area contributed by atoms with Crippen LogP contribution in [0.25, 0.3) is 11.3 Å². The van der Waals surface area contributed by atoms with Crippen molar-refractivity contribution < 1.29 is 24.1 Å². The number of thiazole rings is 1. The Hall–Kier alpha value is -4.06. The Labute approximate surface area is 172 Å². The zero-order chi connectivity index (χ0) is 21.3. The summed E-state index contributed by atoms with van der Waals surface area (Å²) in [5.41, 5.74) is 0.0159. The summed E-state index contributed by atoms with van der Waals surface area (Å²) in [5, 5.41) is 26.5. The van der Waals surface area contributed by atoms with E-state index in [0.717, 1.165) is 35.1 Å². The van der Waals surface area contributed by atoms with Crippen LogP contribution in [-0.4, -0.2) is 34.0 Å². The number of hydrogen-bond acceptors (Lipinski definition) is 9. The van der Waals surface area contributed by atoms with E-state index in [4.69, 9.17) is 9.47 Å². The monoisotopic (exact) mass is 428 g/mol. The third kappa shape index (κ3) is 3.89. The summed E-state index contributed by atoms with van der Waals surface area (Å²) in [7, 11) is 0. The van der Waals surface area contributed by atoms with Crippen LogP contribution in [0.4, 0.5) is 16.5 Å². The highest BCUT2D eigenvalue weighted by molar-refractivity contribution is 7.14. The predicted molar refractivity (Wildman–Crippen MR) is 106 cm³/mol. The quantitative estimate of drug-likeness (QED) is 0.478. The molecule has 3 aromatic rings. The largest absolute Gasteiger partial charge is 0.486 e. The van der Waals surface area contributed by atoms with Crippen LogP contribution >= 0.6 is 11.3 Å². The summed E-state index contributed by atoms with van der Waals surface area (Å²) in [6.45, 7) is 0.930. The van der Waals surface area contributed by atoms with Gasteiger partial charge in [-0.05, 0) is 18.2 Å². The summed E-state index contributed by atoms with van der Waals surface area (Å²) in [6, 6.07) is 8.08. The molecule has 1 aromatic heterocycles. The third-order valence-electron chi connectivity index (χ3n) is 4.15. The van der Waals surface area contributed by atoms with E-state index in [1.807, 2.05) is 0 Å². The molecule has 1 amide bonds. The van der Waals surface area contributed by atoms with Crippen molar-refractivity contribution in [1.29, 1.82) is 0 Å². The predicted octanol–water partition coefficient (Wildman–Crippen LogP) is 3.65. The lowest BCUT2D eigenvalue weighted by Crippen LogP contribution is -2.15. The van der Waals surface area contributed by atoms with Gasteiger partial charge < -0.3 is 9.47 Å². The molecule has 1 N–H and O–H groups in total. The highest BCUT2D eigenvalue weighted by Crippen LogP contribution is 2.35. The first-order chi connectivity index (χ1) is 14.4. The molecule has 1 aliphatic heterocycles. The lowest BCUT2D eigenvalue weighted by atomic mass is 10.1. The number of carbonyl (C=O) groups is 1. The van der Waals surface area contributed by atoms with Crippen molar-refractivity contribution in [3.63, 3.8) is 0 Å². The molecule has 30 heavy (non-hydrogen) atoms. The number of nitrogens with zero attached hydrogens (tertiary/aromatic N) is 3. The van der Waals surface area contributed by atoms with E-state index >= 15 is 0 Å². The van der Waals surface area contributed by atoms with E-state index in [9.17, 15) is 25.0 Å². The van der Waals surface area contributed by atoms with Gasteiger partial charge in [-0.3, -0.25) is 30.3 Å². The van der Waals surface area contributed by atoms with E-state index < -0.39 is 27.1 Å². The number of fused-ring (bicyclic) bond motifs is 1. The third-order valence-corrected chi connectivity index (χ3v) is 4.91. The zero-order valence-electron chi connectivity index (χ0n) is 15.1. The van der Waals surface area contributed by atoms with E-state index in [2.05, 4.69) is 10.3 Å². The van der Waals surface area contributed by atoms with Crippen molar-refractivity contribution in [2.24, 2.45) is 0 Å². The van der Waals surface area contributed by atoms with Gasteiger partial charge in [0, 0.05) is 23.1 Å². The first-order valence-electron chi connectivity index (χ1n) is 8.51. The fraction of sp³-hybridized carbons (Fsp3) is 0.111. The van der Waals surface area contributed by atoms with Crippen molar-refractivity contribution in [3.8, 4) is 22.8 Å². The Bertz CT molecular complexity index is 1140. The van der Waals surface area contributed by atoms with Crippen LogP contribution in [0, 0.1) is 20.2 Å².